The Hall–Kier alpha value is -3.34. The molecule has 3 aromatic carbocycles. The van der Waals surface area contributed by atoms with Crippen molar-refractivity contribution in [2.24, 2.45) is 0 Å². The van der Waals surface area contributed by atoms with Crippen LogP contribution in [0, 0.1) is 0 Å². The summed E-state index contributed by atoms with van der Waals surface area (Å²) in [7, 11) is -2.55. The first kappa shape index (κ1) is 41.4. The van der Waals surface area contributed by atoms with Gasteiger partial charge in [0, 0.05) is 20.5 Å². The minimum Gasteiger partial charge on any atom is -0.457 e. The summed E-state index contributed by atoms with van der Waals surface area (Å²) in [5.74, 6) is -1.01. The number of hydrogen-bond donors (Lipinski definition) is 0. The average Bonchev–Trinajstić information content (AvgIpc) is 3.11. The van der Waals surface area contributed by atoms with Gasteiger partial charge in [0.05, 0.1) is 6.61 Å². The van der Waals surface area contributed by atoms with Crippen molar-refractivity contribution < 1.29 is 37.7 Å². The van der Waals surface area contributed by atoms with Crippen LogP contribution < -0.4 is 0 Å². The van der Waals surface area contributed by atoms with Crippen molar-refractivity contribution in [2.45, 2.75) is 135 Å². The van der Waals surface area contributed by atoms with Crippen molar-refractivity contribution in [3.05, 3.63) is 108 Å². The summed E-state index contributed by atoms with van der Waals surface area (Å²) >= 11 is 0. The molecule has 0 bridgehead atoms. The maximum absolute atomic E-state index is 12.9. The second-order valence-corrected chi connectivity index (χ2v) is 20.0. The minimum absolute atomic E-state index is 0.00232. The molecule has 3 aromatic rings. The van der Waals surface area contributed by atoms with E-state index in [0.717, 1.165) is 36.0 Å². The zero-order valence-electron chi connectivity index (χ0n) is 32.5. The van der Waals surface area contributed by atoms with Gasteiger partial charge < -0.3 is 28.1 Å². The Balaban J connectivity index is 1.79. The first-order chi connectivity index (χ1) is 24.8. The van der Waals surface area contributed by atoms with E-state index in [1.165, 1.54) is 33.1 Å². The molecule has 0 unspecified atom stereocenters. The van der Waals surface area contributed by atoms with E-state index < -0.39 is 56.6 Å². The van der Waals surface area contributed by atoms with Crippen molar-refractivity contribution in [2.75, 3.05) is 13.2 Å². The van der Waals surface area contributed by atoms with Crippen LogP contribution in [0.15, 0.2) is 91.0 Å². The third-order valence-corrected chi connectivity index (χ3v) is 14.7. The molecule has 0 saturated carbocycles. The van der Waals surface area contributed by atoms with E-state index >= 15 is 0 Å². The van der Waals surface area contributed by atoms with Crippen molar-refractivity contribution in [1.82, 2.24) is 0 Å². The van der Waals surface area contributed by atoms with Gasteiger partial charge in [0.2, 0.25) is 0 Å². The predicted octanol–water partition coefficient (Wildman–Crippen LogP) is 9.35. The van der Waals surface area contributed by atoms with Gasteiger partial charge in [-0.1, -0.05) is 151 Å². The first-order valence-electron chi connectivity index (χ1n) is 18.9. The second-order valence-electron chi connectivity index (χ2n) is 15.3. The van der Waals surface area contributed by atoms with E-state index in [0.29, 0.717) is 6.61 Å². The highest BCUT2D eigenvalue weighted by molar-refractivity contribution is 6.74. The molecule has 0 aliphatic carbocycles. The summed E-state index contributed by atoms with van der Waals surface area (Å²) in [6.07, 6.45) is 1.92. The summed E-state index contributed by atoms with van der Waals surface area (Å²) in [5, 5.41) is -0.198. The fourth-order valence-electron chi connectivity index (χ4n) is 6.51. The maximum Gasteiger partial charge on any atom is 0.303 e. The largest absolute Gasteiger partial charge is 0.457 e. The summed E-state index contributed by atoms with van der Waals surface area (Å²) in [4.78, 5) is 25.5. The number of carbonyl (C=O) groups is 2. The SMILES string of the molecule is CCCCCCCCO[C@@H]1O[C@H](COC(c2ccccc2)(c2ccccc2)c2ccccc2)[C@@H](OC(C)=O)[C@H](O[Si](C)(C)C(C)(C)C)[C@H]1OC(C)=O. The molecule has 4 rings (SSSR count). The Labute approximate surface area is 312 Å². The zero-order chi connectivity index (χ0) is 37.8. The van der Waals surface area contributed by atoms with Crippen LogP contribution >= 0.6 is 0 Å². The van der Waals surface area contributed by atoms with Crippen LogP contribution in [0.5, 0.6) is 0 Å². The molecule has 1 aliphatic heterocycles. The Morgan fingerprint density at radius 1 is 0.673 bits per heavy atom. The van der Waals surface area contributed by atoms with Crippen molar-refractivity contribution in [3.8, 4) is 0 Å². The molecule has 9 heteroatoms. The lowest BCUT2D eigenvalue weighted by molar-refractivity contribution is -0.307. The van der Waals surface area contributed by atoms with Gasteiger partial charge in [0.25, 0.3) is 0 Å². The van der Waals surface area contributed by atoms with Gasteiger partial charge in [-0.15, -0.1) is 0 Å². The van der Waals surface area contributed by atoms with Gasteiger partial charge in [-0.05, 0) is 41.2 Å². The van der Waals surface area contributed by atoms with Crippen molar-refractivity contribution in [1.29, 1.82) is 0 Å². The van der Waals surface area contributed by atoms with Crippen LogP contribution in [0.25, 0.3) is 0 Å². The van der Waals surface area contributed by atoms with E-state index in [2.05, 4.69) is 77.2 Å². The van der Waals surface area contributed by atoms with Crippen LogP contribution in [-0.2, 0) is 43.3 Å². The van der Waals surface area contributed by atoms with E-state index in [9.17, 15) is 9.59 Å². The molecule has 5 atom stereocenters. The lowest BCUT2D eigenvalue weighted by Gasteiger charge is -2.49. The Morgan fingerprint density at radius 2 is 1.13 bits per heavy atom. The Morgan fingerprint density at radius 3 is 1.60 bits per heavy atom. The molecule has 1 saturated heterocycles. The molecule has 0 aromatic heterocycles. The Bertz CT molecular complexity index is 1410. The van der Waals surface area contributed by atoms with Crippen LogP contribution in [0.2, 0.25) is 18.1 Å². The molecule has 0 amide bonds. The number of hydrogen-bond acceptors (Lipinski definition) is 8. The molecule has 0 radical (unpaired) electrons. The molecule has 8 nitrogen and oxygen atoms in total. The van der Waals surface area contributed by atoms with Gasteiger partial charge in [-0.2, -0.15) is 0 Å². The maximum atomic E-state index is 12.9. The number of rotatable bonds is 18. The lowest BCUT2D eigenvalue weighted by Crippen LogP contribution is -2.65. The predicted molar refractivity (Wildman–Crippen MR) is 206 cm³/mol. The minimum atomic E-state index is -2.55. The van der Waals surface area contributed by atoms with E-state index in [1.54, 1.807) is 0 Å². The normalized spacial score (nSPS) is 21.0. The fraction of sp³-hybridized carbons (Fsp3) is 0.535. The molecule has 0 N–H and O–H groups in total. The van der Waals surface area contributed by atoms with Crippen LogP contribution in [0.4, 0.5) is 0 Å². The summed E-state index contributed by atoms with van der Waals surface area (Å²) in [6.45, 7) is 16.0. The van der Waals surface area contributed by atoms with Gasteiger partial charge in [0.15, 0.2) is 26.8 Å². The van der Waals surface area contributed by atoms with Crippen LogP contribution in [0.3, 0.4) is 0 Å². The smallest absolute Gasteiger partial charge is 0.303 e. The second kappa shape index (κ2) is 19.1. The number of carbonyl (C=O) groups excluding carboxylic acids is 2. The number of unbranched alkanes of at least 4 members (excludes halogenated alkanes) is 5. The zero-order valence-corrected chi connectivity index (χ0v) is 33.5. The molecule has 1 heterocycles. The first-order valence-corrected chi connectivity index (χ1v) is 21.8. The molecule has 1 fully saturated rings. The monoisotopic (exact) mass is 732 g/mol. The van der Waals surface area contributed by atoms with E-state index in [1.807, 2.05) is 54.6 Å². The van der Waals surface area contributed by atoms with Gasteiger partial charge >= 0.3 is 11.9 Å². The summed E-state index contributed by atoms with van der Waals surface area (Å²) in [5.41, 5.74) is 1.73. The molecule has 0 spiro atoms. The highest BCUT2D eigenvalue weighted by Crippen LogP contribution is 2.43. The quantitative estimate of drug-likeness (QED) is 0.0554. The summed E-state index contributed by atoms with van der Waals surface area (Å²) in [6, 6.07) is 30.2. The third kappa shape index (κ3) is 10.6. The van der Waals surface area contributed by atoms with Gasteiger partial charge in [-0.3, -0.25) is 9.59 Å². The number of benzene rings is 3. The standard InChI is InChI=1S/C43H60O8Si/c1-9-10-11-12-13-23-30-46-41-40(49-33(3)45)39(51-52(7,8)42(4,5)6)38(48-32(2)44)37(50-41)31-47-43(34-24-17-14-18-25-34,35-26-19-15-20-27-35)36-28-21-16-22-29-36/h14-22,24-29,37-41H,9-13,23,30-31H2,1-8H3/t37-,38-,39+,40-,41-/m1/s1. The third-order valence-electron chi connectivity index (χ3n) is 10.2. The highest BCUT2D eigenvalue weighted by atomic mass is 28.4. The lowest BCUT2D eigenvalue weighted by atomic mass is 9.80. The number of esters is 2. The molecule has 1 aliphatic rings. The number of ether oxygens (including phenoxy) is 5. The molecular weight excluding hydrogens is 673 g/mol. The topological polar surface area (TPSA) is 89.5 Å². The fourth-order valence-corrected chi connectivity index (χ4v) is 7.81. The molecule has 52 heavy (non-hydrogen) atoms. The molecular formula is C43H60O8Si. The highest BCUT2D eigenvalue weighted by Gasteiger charge is 2.55. The van der Waals surface area contributed by atoms with E-state index in [4.69, 9.17) is 28.1 Å². The average molecular weight is 733 g/mol. The Kier molecular flexibility index (Phi) is 15.2. The summed E-state index contributed by atoms with van der Waals surface area (Å²) < 4.78 is 39.5. The molecule has 284 valence electrons. The van der Waals surface area contributed by atoms with Gasteiger partial charge in [0.1, 0.15) is 17.8 Å². The van der Waals surface area contributed by atoms with Crippen molar-refractivity contribution in [3.63, 3.8) is 0 Å². The van der Waals surface area contributed by atoms with Crippen LogP contribution in [0.1, 0.15) is 96.8 Å². The van der Waals surface area contributed by atoms with E-state index in [-0.39, 0.29) is 11.6 Å². The van der Waals surface area contributed by atoms with Crippen molar-refractivity contribution >= 4 is 20.3 Å². The van der Waals surface area contributed by atoms with Gasteiger partial charge in [-0.25, -0.2) is 0 Å². The van der Waals surface area contributed by atoms with Crippen LogP contribution in [-0.4, -0.2) is 64.2 Å².